The number of nitrogens with one attached hydrogen (secondary N) is 1. The minimum atomic E-state index is 0.998. The zero-order chi connectivity index (χ0) is 12.9. The molecule has 0 spiro atoms. The van der Waals surface area contributed by atoms with Gasteiger partial charge < -0.3 is 4.98 Å². The summed E-state index contributed by atoms with van der Waals surface area (Å²) in [5.41, 5.74) is 0.998. The van der Waals surface area contributed by atoms with E-state index in [1.807, 2.05) is 55.0 Å². The second-order valence-electron chi connectivity index (χ2n) is 4.17. The molecule has 19 heavy (non-hydrogen) atoms. The lowest BCUT2D eigenvalue weighted by Gasteiger charge is -1.90. The standard InChI is InChI=1S/C8H6N2.C8H7N/c1-2-4-8-7(3-1)5-9-6-10-8;1-2-4-8-6-9-5-7(8)3-1/h1-6H;1-6,9H. The van der Waals surface area contributed by atoms with Crippen molar-refractivity contribution < 1.29 is 0 Å². The smallest absolute Gasteiger partial charge is 0.116 e. The van der Waals surface area contributed by atoms with Crippen LogP contribution in [0.4, 0.5) is 0 Å². The van der Waals surface area contributed by atoms with Crippen LogP contribution in [0.1, 0.15) is 0 Å². The molecular weight excluding hydrogens is 234 g/mol. The second kappa shape index (κ2) is 5.31. The van der Waals surface area contributed by atoms with Gasteiger partial charge in [0.1, 0.15) is 6.33 Å². The van der Waals surface area contributed by atoms with Crippen LogP contribution in [0.5, 0.6) is 0 Å². The highest BCUT2D eigenvalue weighted by atomic mass is 14.8. The fourth-order valence-corrected chi connectivity index (χ4v) is 1.92. The summed E-state index contributed by atoms with van der Waals surface area (Å²) in [4.78, 5) is 11.0. The maximum atomic E-state index is 4.07. The fraction of sp³-hybridized carbons (Fsp3) is 0. The lowest BCUT2D eigenvalue weighted by atomic mass is 10.2. The lowest BCUT2D eigenvalue weighted by Crippen LogP contribution is -1.77. The van der Waals surface area contributed by atoms with Crippen molar-refractivity contribution in [1.82, 2.24) is 15.0 Å². The van der Waals surface area contributed by atoms with Crippen molar-refractivity contribution >= 4 is 21.7 Å². The summed E-state index contributed by atoms with van der Waals surface area (Å²) in [6.45, 7) is 0. The van der Waals surface area contributed by atoms with E-state index < -0.39 is 0 Å². The Bertz CT molecular complexity index is 694. The number of fused-ring (bicyclic) bond motifs is 2. The maximum Gasteiger partial charge on any atom is 0.116 e. The van der Waals surface area contributed by atoms with Crippen LogP contribution in [0.3, 0.4) is 0 Å². The van der Waals surface area contributed by atoms with E-state index >= 15 is 0 Å². The van der Waals surface area contributed by atoms with Crippen LogP contribution in [0, 0.1) is 0 Å². The minimum Gasteiger partial charge on any atom is -0.366 e. The Hall–Kier alpha value is -2.68. The lowest BCUT2D eigenvalue weighted by molar-refractivity contribution is 1.22. The van der Waals surface area contributed by atoms with Crippen LogP contribution in [0.2, 0.25) is 0 Å². The predicted octanol–water partition coefficient (Wildman–Crippen LogP) is 3.80. The van der Waals surface area contributed by atoms with Crippen molar-refractivity contribution in [1.29, 1.82) is 0 Å². The first-order valence-electron chi connectivity index (χ1n) is 6.10. The van der Waals surface area contributed by atoms with Gasteiger partial charge in [0.25, 0.3) is 0 Å². The van der Waals surface area contributed by atoms with Crippen LogP contribution in [0.15, 0.2) is 73.4 Å². The molecule has 0 amide bonds. The second-order valence-corrected chi connectivity index (χ2v) is 4.17. The number of rotatable bonds is 0. The molecule has 3 nitrogen and oxygen atoms in total. The van der Waals surface area contributed by atoms with Crippen molar-refractivity contribution in [2.45, 2.75) is 0 Å². The minimum absolute atomic E-state index is 0.998. The zero-order valence-corrected chi connectivity index (χ0v) is 10.3. The summed E-state index contributed by atoms with van der Waals surface area (Å²) >= 11 is 0. The van der Waals surface area contributed by atoms with Gasteiger partial charge in [-0.05, 0) is 16.8 Å². The van der Waals surface area contributed by atoms with Crippen LogP contribution in [-0.4, -0.2) is 15.0 Å². The van der Waals surface area contributed by atoms with Crippen LogP contribution >= 0.6 is 0 Å². The number of aromatic nitrogens is 3. The van der Waals surface area contributed by atoms with Gasteiger partial charge in [0.2, 0.25) is 0 Å². The summed E-state index contributed by atoms with van der Waals surface area (Å²) in [5, 5.41) is 3.64. The molecule has 2 aromatic carbocycles. The Morgan fingerprint density at radius 2 is 1.37 bits per heavy atom. The highest BCUT2D eigenvalue weighted by molar-refractivity contribution is 5.81. The highest BCUT2D eigenvalue weighted by Crippen LogP contribution is 2.10. The molecule has 2 aromatic heterocycles. The van der Waals surface area contributed by atoms with Gasteiger partial charge in [-0.15, -0.1) is 0 Å². The molecule has 0 atom stereocenters. The number of hydrogen-bond donors (Lipinski definition) is 1. The molecule has 0 saturated carbocycles. The first kappa shape index (κ1) is 11.4. The van der Waals surface area contributed by atoms with Gasteiger partial charge >= 0.3 is 0 Å². The van der Waals surface area contributed by atoms with E-state index in [0.29, 0.717) is 0 Å². The van der Waals surface area contributed by atoms with Gasteiger partial charge in [-0.3, -0.25) is 0 Å². The van der Waals surface area contributed by atoms with Crippen molar-refractivity contribution in [3.63, 3.8) is 0 Å². The average Bonchev–Trinajstić information content (AvgIpc) is 2.96. The first-order chi connectivity index (χ1) is 9.43. The molecule has 0 unspecified atom stereocenters. The van der Waals surface area contributed by atoms with E-state index in [2.05, 4.69) is 27.1 Å². The maximum absolute atomic E-state index is 4.07. The van der Waals surface area contributed by atoms with E-state index in [9.17, 15) is 0 Å². The summed E-state index contributed by atoms with van der Waals surface area (Å²) < 4.78 is 0. The predicted molar refractivity (Wildman–Crippen MR) is 77.8 cm³/mol. The van der Waals surface area contributed by atoms with Gasteiger partial charge in [0, 0.05) is 24.0 Å². The third-order valence-corrected chi connectivity index (χ3v) is 2.89. The number of aromatic amines is 1. The number of benzene rings is 2. The van der Waals surface area contributed by atoms with Gasteiger partial charge in [-0.2, -0.15) is 0 Å². The molecular formula is C16H13N3. The van der Waals surface area contributed by atoms with Gasteiger partial charge in [0.05, 0.1) is 5.52 Å². The van der Waals surface area contributed by atoms with Crippen LogP contribution in [-0.2, 0) is 0 Å². The van der Waals surface area contributed by atoms with Crippen LogP contribution in [0.25, 0.3) is 21.7 Å². The van der Waals surface area contributed by atoms with Crippen molar-refractivity contribution in [3.05, 3.63) is 73.4 Å². The third kappa shape index (κ3) is 2.60. The molecule has 0 aliphatic rings. The molecule has 1 N–H and O–H groups in total. The normalized spacial score (nSPS) is 10.1. The SMILES string of the molecule is c1ccc2c[nH]cc2c1.c1ccc2ncncc2c1. The molecule has 0 radical (unpaired) electrons. The molecule has 0 bridgehead atoms. The molecule has 0 fully saturated rings. The fourth-order valence-electron chi connectivity index (χ4n) is 1.92. The molecule has 4 rings (SSSR count). The van der Waals surface area contributed by atoms with Crippen molar-refractivity contribution in [2.75, 3.05) is 0 Å². The average molecular weight is 247 g/mol. The van der Waals surface area contributed by atoms with E-state index in [-0.39, 0.29) is 0 Å². The van der Waals surface area contributed by atoms with Crippen molar-refractivity contribution in [2.24, 2.45) is 0 Å². The highest BCUT2D eigenvalue weighted by Gasteiger charge is 1.88. The molecule has 2 heterocycles. The number of nitrogens with zero attached hydrogens (tertiary/aromatic N) is 2. The number of para-hydroxylation sites is 1. The molecule has 0 aliphatic heterocycles. The monoisotopic (exact) mass is 247 g/mol. The molecule has 0 saturated heterocycles. The summed E-state index contributed by atoms with van der Waals surface area (Å²) in [5.74, 6) is 0. The van der Waals surface area contributed by atoms with E-state index in [1.54, 1.807) is 6.33 Å². The zero-order valence-electron chi connectivity index (χ0n) is 10.3. The van der Waals surface area contributed by atoms with Crippen molar-refractivity contribution in [3.8, 4) is 0 Å². The van der Waals surface area contributed by atoms with E-state index in [4.69, 9.17) is 0 Å². The Kier molecular flexibility index (Phi) is 3.19. The summed E-state index contributed by atoms with van der Waals surface area (Å²) in [6, 6.07) is 16.2. The Balaban J connectivity index is 0.000000117. The molecule has 4 aromatic rings. The van der Waals surface area contributed by atoms with E-state index in [0.717, 1.165) is 10.9 Å². The number of hydrogen-bond acceptors (Lipinski definition) is 2. The van der Waals surface area contributed by atoms with Crippen LogP contribution < -0.4 is 0 Å². The Morgan fingerprint density at radius 3 is 2.05 bits per heavy atom. The summed E-state index contributed by atoms with van der Waals surface area (Å²) in [7, 11) is 0. The Morgan fingerprint density at radius 1 is 0.737 bits per heavy atom. The molecule has 0 aliphatic carbocycles. The third-order valence-electron chi connectivity index (χ3n) is 2.89. The largest absolute Gasteiger partial charge is 0.366 e. The topological polar surface area (TPSA) is 41.6 Å². The molecule has 3 heteroatoms. The summed E-state index contributed by atoms with van der Waals surface area (Å²) in [6.07, 6.45) is 7.36. The van der Waals surface area contributed by atoms with Gasteiger partial charge in [0.15, 0.2) is 0 Å². The quantitative estimate of drug-likeness (QED) is 0.513. The van der Waals surface area contributed by atoms with E-state index in [1.165, 1.54) is 10.8 Å². The Labute approximate surface area is 111 Å². The molecule has 92 valence electrons. The van der Waals surface area contributed by atoms with Gasteiger partial charge in [-0.1, -0.05) is 42.5 Å². The van der Waals surface area contributed by atoms with Gasteiger partial charge in [-0.25, -0.2) is 9.97 Å². The first-order valence-corrected chi connectivity index (χ1v) is 6.10. The number of H-pyrrole nitrogens is 1.